The van der Waals surface area contributed by atoms with E-state index in [0.717, 1.165) is 5.69 Å². The summed E-state index contributed by atoms with van der Waals surface area (Å²) >= 11 is 0. The zero-order chi connectivity index (χ0) is 17.3. The second-order valence-electron chi connectivity index (χ2n) is 5.41. The van der Waals surface area contributed by atoms with E-state index in [1.807, 2.05) is 37.3 Å². The molecule has 0 aliphatic rings. The van der Waals surface area contributed by atoms with Gasteiger partial charge in [-0.05, 0) is 31.2 Å². The van der Waals surface area contributed by atoms with Crippen LogP contribution in [0.4, 0.5) is 5.69 Å². The minimum absolute atomic E-state index is 0.0352. The Kier molecular flexibility index (Phi) is 3.95. The van der Waals surface area contributed by atoms with Crippen LogP contribution in [0.5, 0.6) is 11.5 Å². The van der Waals surface area contributed by atoms with Crippen LogP contribution in [0.15, 0.2) is 58.3 Å². The molecule has 2 aromatic carbocycles. The van der Waals surface area contributed by atoms with Crippen LogP contribution in [0.25, 0.3) is 5.69 Å². The first kappa shape index (κ1) is 15.6. The lowest BCUT2D eigenvalue weighted by atomic mass is 10.2. The molecule has 6 nitrogen and oxygen atoms in total. The van der Waals surface area contributed by atoms with Gasteiger partial charge in [-0.3, -0.25) is 9.48 Å². The van der Waals surface area contributed by atoms with E-state index in [4.69, 9.17) is 0 Å². The zero-order valence-corrected chi connectivity index (χ0v) is 13.3. The average Bonchev–Trinajstić information content (AvgIpc) is 2.78. The first-order chi connectivity index (χ1) is 11.5. The molecule has 1 aromatic heterocycles. The van der Waals surface area contributed by atoms with Crippen molar-refractivity contribution in [2.24, 2.45) is 12.0 Å². The third-order valence-electron chi connectivity index (χ3n) is 3.87. The number of rotatable bonds is 3. The smallest absolute Gasteiger partial charge is 0.297 e. The molecule has 0 aliphatic carbocycles. The lowest BCUT2D eigenvalue weighted by Crippen LogP contribution is -2.19. The first-order valence-electron chi connectivity index (χ1n) is 7.39. The molecule has 0 fully saturated rings. The van der Waals surface area contributed by atoms with Gasteiger partial charge in [0.1, 0.15) is 11.5 Å². The summed E-state index contributed by atoms with van der Waals surface area (Å²) in [5.41, 5.74) is 1.94. The van der Waals surface area contributed by atoms with Gasteiger partial charge >= 0.3 is 0 Å². The largest absolute Gasteiger partial charge is 0.508 e. The van der Waals surface area contributed by atoms with Gasteiger partial charge in [-0.2, -0.15) is 0 Å². The Hall–Kier alpha value is -3.28. The standard InChI is InChI=1S/C18H17N3O3/c1-12-17(19-11-13-8-9-15(22)10-16(13)23)18(24)21(20(12)2)14-6-4-3-5-7-14/h3-11,22-23H,1-2H3. The number of para-hydroxylation sites is 1. The van der Waals surface area contributed by atoms with E-state index in [1.165, 1.54) is 24.4 Å². The SMILES string of the molecule is Cc1c(N=Cc2ccc(O)cc2O)c(=O)n(-c2ccccc2)n1C. The molecule has 0 unspecified atom stereocenters. The molecule has 0 saturated carbocycles. The molecule has 0 radical (unpaired) electrons. The third kappa shape index (κ3) is 2.69. The molecule has 0 amide bonds. The quantitative estimate of drug-likeness (QED) is 0.727. The number of hydrogen-bond donors (Lipinski definition) is 2. The summed E-state index contributed by atoms with van der Waals surface area (Å²) < 4.78 is 3.28. The van der Waals surface area contributed by atoms with E-state index in [9.17, 15) is 15.0 Å². The fourth-order valence-electron chi connectivity index (χ4n) is 2.48. The Morgan fingerprint density at radius 3 is 2.46 bits per heavy atom. The number of hydrogen-bond acceptors (Lipinski definition) is 4. The summed E-state index contributed by atoms with van der Waals surface area (Å²) in [6.07, 6.45) is 1.41. The van der Waals surface area contributed by atoms with E-state index in [0.29, 0.717) is 16.9 Å². The normalized spacial score (nSPS) is 11.2. The highest BCUT2D eigenvalue weighted by Crippen LogP contribution is 2.22. The number of benzene rings is 2. The van der Waals surface area contributed by atoms with Gasteiger partial charge in [0.15, 0.2) is 5.69 Å². The van der Waals surface area contributed by atoms with Gasteiger partial charge in [-0.25, -0.2) is 9.67 Å². The van der Waals surface area contributed by atoms with Gasteiger partial charge in [-0.15, -0.1) is 0 Å². The lowest BCUT2D eigenvalue weighted by Gasteiger charge is -2.07. The maximum absolute atomic E-state index is 12.7. The predicted molar refractivity (Wildman–Crippen MR) is 92.8 cm³/mol. The maximum Gasteiger partial charge on any atom is 0.297 e. The maximum atomic E-state index is 12.7. The van der Waals surface area contributed by atoms with Crippen molar-refractivity contribution >= 4 is 11.9 Å². The highest BCUT2D eigenvalue weighted by molar-refractivity contribution is 5.85. The van der Waals surface area contributed by atoms with Gasteiger partial charge in [0.2, 0.25) is 0 Å². The molecular weight excluding hydrogens is 306 g/mol. The summed E-state index contributed by atoms with van der Waals surface area (Å²) in [5, 5.41) is 19.1. The molecule has 0 aliphatic heterocycles. The van der Waals surface area contributed by atoms with Crippen molar-refractivity contribution in [2.75, 3.05) is 0 Å². The van der Waals surface area contributed by atoms with Crippen molar-refractivity contribution in [1.29, 1.82) is 0 Å². The van der Waals surface area contributed by atoms with Gasteiger partial charge < -0.3 is 10.2 Å². The second kappa shape index (κ2) is 6.08. The molecule has 2 N–H and O–H groups in total. The van der Waals surface area contributed by atoms with Crippen molar-refractivity contribution < 1.29 is 10.2 Å². The number of aromatic nitrogens is 2. The summed E-state index contributed by atoms with van der Waals surface area (Å²) in [6.45, 7) is 1.81. The Bertz CT molecular complexity index is 969. The van der Waals surface area contributed by atoms with Crippen LogP contribution < -0.4 is 5.56 Å². The molecule has 0 spiro atoms. The van der Waals surface area contributed by atoms with Gasteiger partial charge in [-0.1, -0.05) is 18.2 Å². The van der Waals surface area contributed by atoms with Crippen LogP contribution >= 0.6 is 0 Å². The number of phenolic OH excluding ortho intramolecular Hbond substituents is 2. The number of nitrogens with zero attached hydrogens (tertiary/aromatic N) is 3. The average molecular weight is 323 g/mol. The minimum atomic E-state index is -0.240. The molecule has 3 aromatic rings. The summed E-state index contributed by atoms with van der Waals surface area (Å²) in [6, 6.07) is 13.5. The van der Waals surface area contributed by atoms with E-state index in [2.05, 4.69) is 4.99 Å². The Morgan fingerprint density at radius 1 is 1.08 bits per heavy atom. The second-order valence-corrected chi connectivity index (χ2v) is 5.41. The Labute approximate surface area is 138 Å². The van der Waals surface area contributed by atoms with Crippen molar-refractivity contribution in [1.82, 2.24) is 9.36 Å². The number of phenols is 2. The predicted octanol–water partition coefficient (Wildman–Crippen LogP) is 2.65. The van der Waals surface area contributed by atoms with Crippen LogP contribution in [0.3, 0.4) is 0 Å². The van der Waals surface area contributed by atoms with E-state index in [-0.39, 0.29) is 17.1 Å². The molecular formula is C18H17N3O3. The monoisotopic (exact) mass is 323 g/mol. The summed E-state index contributed by atoms with van der Waals surface area (Å²) in [5.74, 6) is -0.136. The first-order valence-corrected chi connectivity index (χ1v) is 7.39. The topological polar surface area (TPSA) is 79.8 Å². The third-order valence-corrected chi connectivity index (χ3v) is 3.87. The molecule has 24 heavy (non-hydrogen) atoms. The molecule has 3 rings (SSSR count). The molecule has 0 atom stereocenters. The van der Waals surface area contributed by atoms with Crippen molar-refractivity contribution in [3.63, 3.8) is 0 Å². The van der Waals surface area contributed by atoms with E-state index in [1.54, 1.807) is 16.4 Å². The van der Waals surface area contributed by atoms with Crippen LogP contribution in [0, 0.1) is 6.92 Å². The highest BCUT2D eigenvalue weighted by atomic mass is 16.3. The van der Waals surface area contributed by atoms with Gasteiger partial charge in [0, 0.05) is 24.9 Å². The van der Waals surface area contributed by atoms with Gasteiger partial charge in [0.05, 0.1) is 11.4 Å². The fourth-order valence-corrected chi connectivity index (χ4v) is 2.48. The van der Waals surface area contributed by atoms with Crippen molar-refractivity contribution in [2.45, 2.75) is 6.92 Å². The fraction of sp³-hybridized carbons (Fsp3) is 0.111. The Morgan fingerprint density at radius 2 is 1.79 bits per heavy atom. The van der Waals surface area contributed by atoms with Crippen LogP contribution in [-0.4, -0.2) is 25.8 Å². The number of aromatic hydroxyl groups is 2. The molecule has 0 saturated heterocycles. The minimum Gasteiger partial charge on any atom is -0.508 e. The summed E-state index contributed by atoms with van der Waals surface area (Å²) in [4.78, 5) is 16.9. The number of aliphatic imine (C=N–C) groups is 1. The molecule has 122 valence electrons. The van der Waals surface area contributed by atoms with Crippen molar-refractivity contribution in [3.8, 4) is 17.2 Å². The van der Waals surface area contributed by atoms with Crippen LogP contribution in [-0.2, 0) is 7.05 Å². The summed E-state index contributed by atoms with van der Waals surface area (Å²) in [7, 11) is 1.79. The molecule has 0 bridgehead atoms. The van der Waals surface area contributed by atoms with Crippen LogP contribution in [0.1, 0.15) is 11.3 Å². The molecule has 1 heterocycles. The van der Waals surface area contributed by atoms with E-state index < -0.39 is 0 Å². The zero-order valence-electron chi connectivity index (χ0n) is 13.3. The molecule has 6 heteroatoms. The van der Waals surface area contributed by atoms with Gasteiger partial charge in [0.25, 0.3) is 5.56 Å². The highest BCUT2D eigenvalue weighted by Gasteiger charge is 2.15. The van der Waals surface area contributed by atoms with E-state index >= 15 is 0 Å². The van der Waals surface area contributed by atoms with Crippen molar-refractivity contribution in [3.05, 3.63) is 70.1 Å². The van der Waals surface area contributed by atoms with Crippen LogP contribution in [0.2, 0.25) is 0 Å². The Balaban J connectivity index is 2.07. The lowest BCUT2D eigenvalue weighted by molar-refractivity contribution is 0.450.